The Bertz CT molecular complexity index is 1160. The summed E-state index contributed by atoms with van der Waals surface area (Å²) < 4.78 is 16.6. The van der Waals surface area contributed by atoms with Gasteiger partial charge in [-0.15, -0.1) is 0 Å². The van der Waals surface area contributed by atoms with E-state index < -0.39 is 18.0 Å². The zero-order valence-electron chi connectivity index (χ0n) is 18.5. The van der Waals surface area contributed by atoms with E-state index in [0.717, 1.165) is 0 Å². The number of nitrogens with zero attached hydrogens (tertiary/aromatic N) is 1. The molecule has 0 aromatic heterocycles. The highest BCUT2D eigenvalue weighted by molar-refractivity contribution is 6.30. The summed E-state index contributed by atoms with van der Waals surface area (Å²) >= 11 is 11.7. The van der Waals surface area contributed by atoms with Crippen LogP contribution in [0, 0.1) is 0 Å². The maximum absolute atomic E-state index is 12.4. The second-order valence-electron chi connectivity index (χ2n) is 6.98. The predicted molar refractivity (Wildman–Crippen MR) is 131 cm³/mol. The monoisotopic (exact) mass is 500 g/mol. The van der Waals surface area contributed by atoms with E-state index in [1.165, 1.54) is 6.21 Å². The number of amides is 1. The topological polar surface area (TPSA) is 86.2 Å². The van der Waals surface area contributed by atoms with Crippen LogP contribution in [0.1, 0.15) is 29.8 Å². The molecule has 0 bridgehead atoms. The minimum Gasteiger partial charge on any atom is -0.490 e. The third kappa shape index (κ3) is 7.23. The Morgan fingerprint density at radius 2 is 1.62 bits per heavy atom. The van der Waals surface area contributed by atoms with Crippen molar-refractivity contribution in [3.63, 3.8) is 0 Å². The van der Waals surface area contributed by atoms with E-state index in [0.29, 0.717) is 39.3 Å². The molecular formula is C25H22Cl2N2O5. The minimum absolute atomic E-state index is 0.257. The molecule has 9 heteroatoms. The fourth-order valence-corrected chi connectivity index (χ4v) is 2.99. The van der Waals surface area contributed by atoms with Gasteiger partial charge in [0.15, 0.2) is 17.6 Å². The van der Waals surface area contributed by atoms with E-state index in [1.807, 2.05) is 6.92 Å². The molecule has 0 spiro atoms. The van der Waals surface area contributed by atoms with E-state index in [1.54, 1.807) is 73.7 Å². The van der Waals surface area contributed by atoms with Crippen molar-refractivity contribution in [2.24, 2.45) is 5.10 Å². The molecule has 0 saturated carbocycles. The molecule has 1 amide bonds. The quantitative estimate of drug-likeness (QED) is 0.180. The lowest BCUT2D eigenvalue weighted by Crippen LogP contribution is -2.33. The van der Waals surface area contributed by atoms with E-state index >= 15 is 0 Å². The number of carbonyl (C=O) groups excluding carboxylic acids is 2. The number of carbonyl (C=O) groups is 2. The SMILES string of the molecule is CCOc1cc(/C=N/NC(=O)C(C)Oc2ccc(Cl)cc2)ccc1OC(=O)c1ccc(Cl)cc1. The molecule has 3 aromatic rings. The molecular weight excluding hydrogens is 479 g/mol. The molecule has 0 aliphatic carbocycles. The van der Waals surface area contributed by atoms with Gasteiger partial charge in [-0.05, 0) is 86.1 Å². The number of esters is 1. The van der Waals surface area contributed by atoms with Crippen LogP contribution >= 0.6 is 23.2 Å². The van der Waals surface area contributed by atoms with Crippen LogP contribution < -0.4 is 19.6 Å². The van der Waals surface area contributed by atoms with Crippen molar-refractivity contribution in [1.29, 1.82) is 0 Å². The maximum atomic E-state index is 12.4. The molecule has 7 nitrogen and oxygen atoms in total. The molecule has 3 aromatic carbocycles. The van der Waals surface area contributed by atoms with Gasteiger partial charge in [-0.2, -0.15) is 5.10 Å². The Kier molecular flexibility index (Phi) is 8.90. The summed E-state index contributed by atoms with van der Waals surface area (Å²) in [6.07, 6.45) is 0.673. The third-order valence-electron chi connectivity index (χ3n) is 4.43. The first-order valence-corrected chi connectivity index (χ1v) is 11.1. The molecule has 0 fully saturated rings. The Morgan fingerprint density at radius 3 is 2.26 bits per heavy atom. The van der Waals surface area contributed by atoms with Gasteiger partial charge >= 0.3 is 5.97 Å². The van der Waals surface area contributed by atoms with Crippen LogP contribution in [0.25, 0.3) is 0 Å². The molecule has 1 N–H and O–H groups in total. The summed E-state index contributed by atoms with van der Waals surface area (Å²) in [7, 11) is 0. The lowest BCUT2D eigenvalue weighted by Gasteiger charge is -2.13. The van der Waals surface area contributed by atoms with E-state index in [4.69, 9.17) is 37.4 Å². The Balaban J connectivity index is 1.62. The first-order chi connectivity index (χ1) is 16.4. The van der Waals surface area contributed by atoms with Gasteiger partial charge in [0.05, 0.1) is 18.4 Å². The van der Waals surface area contributed by atoms with Gasteiger partial charge in [-0.25, -0.2) is 10.2 Å². The van der Waals surface area contributed by atoms with Crippen LogP contribution in [0.3, 0.4) is 0 Å². The van der Waals surface area contributed by atoms with Crippen LogP contribution in [0.4, 0.5) is 0 Å². The van der Waals surface area contributed by atoms with Crippen molar-refractivity contribution in [3.8, 4) is 17.2 Å². The average molecular weight is 501 g/mol. The standard InChI is InChI=1S/C25H22Cl2N2O5/c1-3-32-23-14-17(4-13-22(23)34-25(31)18-5-7-19(26)8-6-18)15-28-29-24(30)16(2)33-21-11-9-20(27)10-12-21/h4-16H,3H2,1-2H3,(H,29,30)/b28-15+. The third-order valence-corrected chi connectivity index (χ3v) is 4.94. The van der Waals surface area contributed by atoms with Gasteiger partial charge in [0.1, 0.15) is 5.75 Å². The van der Waals surface area contributed by atoms with Gasteiger partial charge in [-0.1, -0.05) is 23.2 Å². The van der Waals surface area contributed by atoms with Crippen LogP contribution in [0.5, 0.6) is 17.2 Å². The fourth-order valence-electron chi connectivity index (χ4n) is 2.73. The normalized spacial score (nSPS) is 11.6. The highest BCUT2D eigenvalue weighted by atomic mass is 35.5. The lowest BCUT2D eigenvalue weighted by atomic mass is 10.2. The van der Waals surface area contributed by atoms with Crippen molar-refractivity contribution in [1.82, 2.24) is 5.43 Å². The van der Waals surface area contributed by atoms with Crippen LogP contribution in [-0.2, 0) is 4.79 Å². The average Bonchev–Trinajstić information content (AvgIpc) is 2.82. The van der Waals surface area contributed by atoms with E-state index in [2.05, 4.69) is 10.5 Å². The fraction of sp³-hybridized carbons (Fsp3) is 0.160. The summed E-state index contributed by atoms with van der Waals surface area (Å²) in [6, 6.07) is 18.0. The first kappa shape index (κ1) is 25.1. The minimum atomic E-state index is -0.771. The van der Waals surface area contributed by atoms with Gasteiger partial charge in [0.25, 0.3) is 5.91 Å². The number of hydrazone groups is 1. The number of rotatable bonds is 9. The molecule has 0 heterocycles. The molecule has 0 radical (unpaired) electrons. The van der Waals surface area contributed by atoms with Crippen molar-refractivity contribution < 1.29 is 23.8 Å². The zero-order valence-corrected chi connectivity index (χ0v) is 20.0. The Labute approximate surface area is 207 Å². The molecule has 1 atom stereocenters. The predicted octanol–water partition coefficient (Wildman–Crippen LogP) is 5.53. The second kappa shape index (κ2) is 12.1. The van der Waals surface area contributed by atoms with Crippen LogP contribution in [-0.4, -0.2) is 30.8 Å². The molecule has 176 valence electrons. The smallest absolute Gasteiger partial charge is 0.343 e. The van der Waals surface area contributed by atoms with Crippen molar-refractivity contribution in [2.45, 2.75) is 20.0 Å². The summed E-state index contributed by atoms with van der Waals surface area (Å²) in [5.41, 5.74) is 3.41. The summed E-state index contributed by atoms with van der Waals surface area (Å²) in [5.74, 6) is 0.166. The highest BCUT2D eigenvalue weighted by Crippen LogP contribution is 2.29. The summed E-state index contributed by atoms with van der Waals surface area (Å²) in [6.45, 7) is 3.78. The molecule has 34 heavy (non-hydrogen) atoms. The van der Waals surface area contributed by atoms with Gasteiger partial charge in [0.2, 0.25) is 0 Å². The number of nitrogens with one attached hydrogen (secondary N) is 1. The number of halogens is 2. The molecule has 0 aliphatic heterocycles. The largest absolute Gasteiger partial charge is 0.490 e. The molecule has 3 rings (SSSR count). The number of hydrogen-bond acceptors (Lipinski definition) is 6. The Morgan fingerprint density at radius 1 is 0.971 bits per heavy atom. The maximum Gasteiger partial charge on any atom is 0.343 e. The molecule has 0 saturated heterocycles. The Hall–Kier alpha value is -3.55. The number of hydrogen-bond donors (Lipinski definition) is 1. The second-order valence-corrected chi connectivity index (χ2v) is 7.86. The summed E-state index contributed by atoms with van der Waals surface area (Å²) in [4.78, 5) is 24.7. The van der Waals surface area contributed by atoms with Crippen molar-refractivity contribution >= 4 is 41.3 Å². The van der Waals surface area contributed by atoms with Gasteiger partial charge in [0, 0.05) is 10.0 Å². The molecule has 1 unspecified atom stereocenters. The van der Waals surface area contributed by atoms with Crippen LogP contribution in [0.15, 0.2) is 71.8 Å². The first-order valence-electron chi connectivity index (χ1n) is 10.4. The van der Waals surface area contributed by atoms with E-state index in [9.17, 15) is 9.59 Å². The lowest BCUT2D eigenvalue weighted by molar-refractivity contribution is -0.127. The van der Waals surface area contributed by atoms with Crippen LogP contribution in [0.2, 0.25) is 10.0 Å². The van der Waals surface area contributed by atoms with Crippen molar-refractivity contribution in [3.05, 3.63) is 87.9 Å². The summed E-state index contributed by atoms with van der Waals surface area (Å²) in [5, 5.41) is 5.06. The zero-order chi connectivity index (χ0) is 24.5. The molecule has 0 aliphatic rings. The van der Waals surface area contributed by atoms with Gasteiger partial charge < -0.3 is 14.2 Å². The van der Waals surface area contributed by atoms with Gasteiger partial charge in [-0.3, -0.25) is 4.79 Å². The number of benzene rings is 3. The van der Waals surface area contributed by atoms with E-state index in [-0.39, 0.29) is 5.75 Å². The number of ether oxygens (including phenoxy) is 3. The highest BCUT2D eigenvalue weighted by Gasteiger charge is 2.15. The van der Waals surface area contributed by atoms with Crippen molar-refractivity contribution in [2.75, 3.05) is 6.61 Å².